The topological polar surface area (TPSA) is 84.1 Å². The normalized spacial score (nSPS) is 15.2. The van der Waals surface area contributed by atoms with Crippen molar-refractivity contribution in [3.8, 4) is 22.2 Å². The van der Waals surface area contributed by atoms with Crippen LogP contribution in [0.25, 0.3) is 10.7 Å². The maximum absolute atomic E-state index is 13.0. The lowest BCUT2D eigenvalue weighted by atomic mass is 10.1. The fraction of sp³-hybridized carbons (Fsp3) is 0.273. The number of fused-ring (bicyclic) bond motifs is 1. The van der Waals surface area contributed by atoms with Crippen LogP contribution < -0.4 is 9.47 Å². The van der Waals surface area contributed by atoms with Gasteiger partial charge in [0, 0.05) is 17.0 Å². The zero-order chi connectivity index (χ0) is 21.4. The molecule has 0 radical (unpaired) electrons. The molecular weight excluding hydrogens is 414 g/mol. The third-order valence-corrected chi connectivity index (χ3v) is 6.17. The van der Waals surface area contributed by atoms with Gasteiger partial charge in [-0.05, 0) is 48.7 Å². The van der Waals surface area contributed by atoms with Crippen LogP contribution in [0, 0.1) is 13.8 Å². The second-order valence-corrected chi connectivity index (χ2v) is 8.38. The zero-order valence-electron chi connectivity index (χ0n) is 17.2. The molecule has 0 saturated heterocycles. The standard InChI is InChI=1S/C22H21N5O3S/c1-14-10-17(18(28)12-27-24-22(23-25-27)21-8-5-9-31-21)15(2)26(14)11-16-13-29-19-6-3-4-7-20(19)30-16/h3-10,16H,11-13H2,1-2H3/t16-/m1/s1. The van der Waals surface area contributed by atoms with E-state index in [2.05, 4.69) is 20.0 Å². The molecule has 0 fully saturated rings. The summed E-state index contributed by atoms with van der Waals surface area (Å²) in [6.07, 6.45) is -0.131. The molecule has 0 bridgehead atoms. The fourth-order valence-electron chi connectivity index (χ4n) is 3.75. The van der Waals surface area contributed by atoms with Gasteiger partial charge < -0.3 is 14.0 Å². The smallest absolute Gasteiger partial charge is 0.214 e. The Morgan fingerprint density at radius 3 is 2.84 bits per heavy atom. The number of aryl methyl sites for hydroxylation is 1. The third-order valence-electron chi connectivity index (χ3n) is 5.31. The monoisotopic (exact) mass is 435 g/mol. The highest BCUT2D eigenvalue weighted by molar-refractivity contribution is 7.13. The quantitative estimate of drug-likeness (QED) is 0.431. The van der Waals surface area contributed by atoms with E-state index in [0.29, 0.717) is 24.5 Å². The van der Waals surface area contributed by atoms with Crippen molar-refractivity contribution in [1.82, 2.24) is 24.8 Å². The van der Waals surface area contributed by atoms with Gasteiger partial charge in [-0.1, -0.05) is 18.2 Å². The first-order valence-corrected chi connectivity index (χ1v) is 10.9. The molecule has 0 saturated carbocycles. The zero-order valence-corrected chi connectivity index (χ0v) is 18.0. The number of ether oxygens (including phenoxy) is 2. The van der Waals surface area contributed by atoms with Gasteiger partial charge in [-0.2, -0.15) is 4.80 Å². The minimum atomic E-state index is -0.131. The molecule has 0 unspecified atom stereocenters. The van der Waals surface area contributed by atoms with E-state index in [1.54, 1.807) is 0 Å². The van der Waals surface area contributed by atoms with Gasteiger partial charge in [0.1, 0.15) is 13.2 Å². The molecule has 0 N–H and O–H groups in total. The number of thiophene rings is 1. The fourth-order valence-corrected chi connectivity index (χ4v) is 4.40. The van der Waals surface area contributed by atoms with E-state index >= 15 is 0 Å². The number of benzene rings is 1. The molecule has 0 aliphatic carbocycles. The largest absolute Gasteiger partial charge is 0.486 e. The van der Waals surface area contributed by atoms with Crippen molar-refractivity contribution in [2.24, 2.45) is 0 Å². The Kier molecular flexibility index (Phi) is 5.03. The van der Waals surface area contributed by atoms with Crippen LogP contribution in [0.5, 0.6) is 11.5 Å². The van der Waals surface area contributed by atoms with E-state index < -0.39 is 0 Å². The maximum atomic E-state index is 13.0. The van der Waals surface area contributed by atoms with Gasteiger partial charge in [-0.25, -0.2) is 0 Å². The van der Waals surface area contributed by atoms with Gasteiger partial charge in [0.25, 0.3) is 0 Å². The number of Topliss-reactive ketones (excluding diaryl/α,β-unsaturated/α-hetero) is 1. The number of rotatable bonds is 6. The molecule has 4 aromatic rings. The minimum absolute atomic E-state index is 0.0408. The van der Waals surface area contributed by atoms with E-state index in [9.17, 15) is 4.79 Å². The van der Waals surface area contributed by atoms with Crippen LogP contribution in [0.4, 0.5) is 0 Å². The molecule has 4 heterocycles. The molecule has 0 amide bonds. The molecule has 1 aromatic carbocycles. The van der Waals surface area contributed by atoms with Crippen LogP contribution in [0.2, 0.25) is 0 Å². The highest BCUT2D eigenvalue weighted by atomic mass is 32.1. The summed E-state index contributed by atoms with van der Waals surface area (Å²) in [5.74, 6) is 1.98. The van der Waals surface area contributed by atoms with E-state index in [1.165, 1.54) is 16.1 Å². The number of aromatic nitrogens is 5. The summed E-state index contributed by atoms with van der Waals surface area (Å²) in [6, 6.07) is 13.4. The molecule has 1 atom stereocenters. The predicted molar refractivity (Wildman–Crippen MR) is 116 cm³/mol. The van der Waals surface area contributed by atoms with Gasteiger partial charge in [-0.15, -0.1) is 21.5 Å². The summed E-state index contributed by atoms with van der Waals surface area (Å²) in [5, 5.41) is 14.4. The molecule has 1 aliphatic heterocycles. The van der Waals surface area contributed by atoms with Crippen molar-refractivity contribution in [3.05, 3.63) is 64.8 Å². The van der Waals surface area contributed by atoms with Gasteiger partial charge in [0.2, 0.25) is 5.82 Å². The van der Waals surface area contributed by atoms with Crippen molar-refractivity contribution >= 4 is 17.1 Å². The molecule has 3 aromatic heterocycles. The molecule has 8 nitrogen and oxygen atoms in total. The Hall–Kier alpha value is -3.46. The second-order valence-electron chi connectivity index (χ2n) is 7.44. The van der Waals surface area contributed by atoms with Gasteiger partial charge in [-0.3, -0.25) is 4.79 Å². The second kappa shape index (κ2) is 7.99. The maximum Gasteiger partial charge on any atom is 0.214 e. The van der Waals surface area contributed by atoms with Crippen molar-refractivity contribution in [1.29, 1.82) is 0 Å². The molecule has 0 spiro atoms. The Morgan fingerprint density at radius 2 is 2.03 bits per heavy atom. The van der Waals surface area contributed by atoms with Gasteiger partial charge >= 0.3 is 0 Å². The highest BCUT2D eigenvalue weighted by Crippen LogP contribution is 2.31. The van der Waals surface area contributed by atoms with E-state index in [0.717, 1.165) is 27.8 Å². The van der Waals surface area contributed by atoms with Crippen LogP contribution in [0.3, 0.4) is 0 Å². The summed E-state index contributed by atoms with van der Waals surface area (Å²) in [7, 11) is 0. The molecule has 5 rings (SSSR count). The number of carbonyl (C=O) groups is 1. The van der Waals surface area contributed by atoms with Gasteiger partial charge in [0.15, 0.2) is 23.4 Å². The summed E-state index contributed by atoms with van der Waals surface area (Å²) >= 11 is 1.54. The van der Waals surface area contributed by atoms with Crippen molar-refractivity contribution in [2.45, 2.75) is 33.0 Å². The summed E-state index contributed by atoms with van der Waals surface area (Å²) in [6.45, 7) is 5.04. The first-order valence-electron chi connectivity index (χ1n) is 9.98. The number of ketones is 1. The summed E-state index contributed by atoms with van der Waals surface area (Å²) in [4.78, 5) is 15.2. The van der Waals surface area contributed by atoms with Crippen molar-refractivity contribution in [3.63, 3.8) is 0 Å². The first-order chi connectivity index (χ1) is 15.1. The van der Waals surface area contributed by atoms with Crippen LogP contribution in [0.1, 0.15) is 21.7 Å². The van der Waals surface area contributed by atoms with Crippen LogP contribution in [-0.4, -0.2) is 43.3 Å². The molecule has 31 heavy (non-hydrogen) atoms. The lowest BCUT2D eigenvalue weighted by molar-refractivity contribution is 0.0777. The summed E-state index contributed by atoms with van der Waals surface area (Å²) < 4.78 is 14.0. The number of para-hydroxylation sites is 2. The van der Waals surface area contributed by atoms with Gasteiger partial charge in [0.05, 0.1) is 11.4 Å². The predicted octanol–water partition coefficient (Wildman–Crippen LogP) is 3.54. The SMILES string of the molecule is Cc1cc(C(=O)Cn2nnc(-c3cccs3)n2)c(C)n1C[C@@H]1COc2ccccc2O1. The van der Waals surface area contributed by atoms with E-state index in [-0.39, 0.29) is 18.4 Å². The first kappa shape index (κ1) is 19.5. The summed E-state index contributed by atoms with van der Waals surface area (Å²) in [5.41, 5.74) is 2.54. The highest BCUT2D eigenvalue weighted by Gasteiger charge is 2.24. The Balaban J connectivity index is 1.30. The lowest BCUT2D eigenvalue weighted by Gasteiger charge is -2.27. The van der Waals surface area contributed by atoms with E-state index in [4.69, 9.17) is 9.47 Å². The minimum Gasteiger partial charge on any atom is -0.486 e. The Bertz CT molecular complexity index is 1230. The van der Waals surface area contributed by atoms with Crippen LogP contribution in [0.15, 0.2) is 47.8 Å². The number of nitrogens with zero attached hydrogens (tertiary/aromatic N) is 5. The number of tetrazole rings is 1. The van der Waals surface area contributed by atoms with Crippen LogP contribution >= 0.6 is 11.3 Å². The molecule has 9 heteroatoms. The van der Waals surface area contributed by atoms with E-state index in [1.807, 2.05) is 61.7 Å². The van der Waals surface area contributed by atoms with Crippen molar-refractivity contribution < 1.29 is 14.3 Å². The molecule has 1 aliphatic rings. The molecular formula is C22H21N5O3S. The number of hydrogen-bond acceptors (Lipinski definition) is 7. The van der Waals surface area contributed by atoms with Crippen LogP contribution in [-0.2, 0) is 13.1 Å². The Labute approximate surface area is 183 Å². The third kappa shape index (κ3) is 3.84. The average molecular weight is 436 g/mol. The molecule has 158 valence electrons. The Morgan fingerprint density at radius 1 is 1.19 bits per heavy atom. The number of carbonyl (C=O) groups excluding carboxylic acids is 1. The van der Waals surface area contributed by atoms with Crippen molar-refractivity contribution in [2.75, 3.05) is 6.61 Å². The lowest BCUT2D eigenvalue weighted by Crippen LogP contribution is -2.33. The average Bonchev–Trinajstić information content (AvgIpc) is 3.51. The number of hydrogen-bond donors (Lipinski definition) is 0.